The number of ether oxygens (including phenoxy) is 1. The molecule has 10 heteroatoms. The van der Waals surface area contributed by atoms with Crippen LogP contribution in [0.2, 0.25) is 0 Å². The number of esters is 1. The molecule has 0 aliphatic carbocycles. The first-order chi connectivity index (χ1) is 32.4. The van der Waals surface area contributed by atoms with Crippen LogP contribution in [0.3, 0.4) is 0 Å². The summed E-state index contributed by atoms with van der Waals surface area (Å²) in [5.41, 5.74) is 0. The van der Waals surface area contributed by atoms with Crippen LogP contribution in [0.4, 0.5) is 0 Å². The Balaban J connectivity index is 5.43. The quantitative estimate of drug-likeness (QED) is 0.0161. The molecule has 9 nitrogen and oxygen atoms in total. The Labute approximate surface area is 413 Å². The first-order valence-electron chi connectivity index (χ1n) is 27.6. The van der Waals surface area contributed by atoms with Gasteiger partial charge >= 0.3 is 5.97 Å². The second kappa shape index (κ2) is 47.4. The molecule has 0 aliphatic heterocycles. The van der Waals surface area contributed by atoms with Crippen molar-refractivity contribution in [2.75, 3.05) is 40.9 Å². The average Bonchev–Trinajstić information content (AvgIpc) is 3.28. The highest BCUT2D eigenvalue weighted by atomic mass is 31.2. The third-order valence-corrected chi connectivity index (χ3v) is 13.0. The van der Waals surface area contributed by atoms with E-state index in [9.17, 15) is 19.0 Å². The maximum absolute atomic E-state index is 13.4. The van der Waals surface area contributed by atoms with Crippen LogP contribution in [0.25, 0.3) is 0 Å². The number of phosphoric ester groups is 1. The van der Waals surface area contributed by atoms with Crippen molar-refractivity contribution < 1.29 is 37.3 Å². The van der Waals surface area contributed by atoms with Crippen LogP contribution in [0.15, 0.2) is 60.8 Å². The largest absolute Gasteiger partial charge is 0.756 e. The number of likely N-dealkylation sites (N-methyl/N-ethyl adjacent to an activating group) is 1. The zero-order valence-electron chi connectivity index (χ0n) is 44.3. The lowest BCUT2D eigenvalue weighted by molar-refractivity contribution is -0.870. The van der Waals surface area contributed by atoms with Crippen molar-refractivity contribution in [3.63, 3.8) is 0 Å². The van der Waals surface area contributed by atoms with Gasteiger partial charge in [0.1, 0.15) is 19.3 Å². The third kappa shape index (κ3) is 48.5. The fraction of sp³-hybridized carbons (Fsp3) is 0.789. The number of unbranched alkanes of at least 4 members (excludes halogenated alkanes) is 27. The fourth-order valence-corrected chi connectivity index (χ4v) is 8.41. The van der Waals surface area contributed by atoms with Gasteiger partial charge < -0.3 is 28.5 Å². The van der Waals surface area contributed by atoms with E-state index in [1.54, 1.807) is 0 Å². The number of carbonyl (C=O) groups excluding carboxylic acids is 2. The molecule has 0 aromatic heterocycles. The normalized spacial score (nSPS) is 14.3. The molecule has 0 spiro atoms. The SMILES string of the molecule is CC/C=C/C=C/C=C/CCCCCCCCCC(=O)OC(/C=C/CCCCCCCCCCCC)C(COP(=O)([O-])OCC[N+](C)(C)C)NC(=O)CCCCC/C=C\CCCCCCCCC. The lowest BCUT2D eigenvalue weighted by Gasteiger charge is -2.30. The Bertz CT molecular complexity index is 1340. The first-order valence-corrected chi connectivity index (χ1v) is 29.1. The molecule has 0 saturated heterocycles. The Kier molecular flexibility index (Phi) is 45.8. The highest BCUT2D eigenvalue weighted by Crippen LogP contribution is 2.38. The molecule has 0 radical (unpaired) electrons. The number of carbonyl (C=O) groups is 2. The predicted molar refractivity (Wildman–Crippen MR) is 284 cm³/mol. The van der Waals surface area contributed by atoms with E-state index >= 15 is 0 Å². The van der Waals surface area contributed by atoms with Crippen molar-refractivity contribution in [2.24, 2.45) is 0 Å². The summed E-state index contributed by atoms with van der Waals surface area (Å²) in [4.78, 5) is 39.8. The molecule has 67 heavy (non-hydrogen) atoms. The van der Waals surface area contributed by atoms with Gasteiger partial charge in [-0.1, -0.05) is 210 Å². The zero-order chi connectivity index (χ0) is 49.4. The molecule has 0 bridgehead atoms. The van der Waals surface area contributed by atoms with Crippen LogP contribution in [0, 0.1) is 0 Å². The topological polar surface area (TPSA) is 114 Å². The number of hydrogen-bond donors (Lipinski definition) is 1. The van der Waals surface area contributed by atoms with Crippen LogP contribution in [-0.4, -0.2) is 69.4 Å². The Morgan fingerprint density at radius 3 is 1.48 bits per heavy atom. The second-order valence-corrected chi connectivity index (χ2v) is 21.2. The number of allylic oxidation sites excluding steroid dienone is 9. The van der Waals surface area contributed by atoms with E-state index in [2.05, 4.69) is 74.7 Å². The van der Waals surface area contributed by atoms with Gasteiger partial charge in [0.2, 0.25) is 5.91 Å². The summed E-state index contributed by atoms with van der Waals surface area (Å²) in [6.45, 7) is 6.68. The number of hydrogen-bond acceptors (Lipinski definition) is 7. The molecule has 0 aromatic rings. The maximum Gasteiger partial charge on any atom is 0.306 e. The van der Waals surface area contributed by atoms with Crippen molar-refractivity contribution in [1.82, 2.24) is 5.32 Å². The highest BCUT2D eigenvalue weighted by molar-refractivity contribution is 7.45. The molecule has 0 saturated carbocycles. The summed E-state index contributed by atoms with van der Waals surface area (Å²) in [5, 5.41) is 3.00. The molecule has 0 rings (SSSR count). The summed E-state index contributed by atoms with van der Waals surface area (Å²) < 4.78 is 30.2. The molecular weight excluding hydrogens is 856 g/mol. The zero-order valence-corrected chi connectivity index (χ0v) is 45.2. The van der Waals surface area contributed by atoms with Crippen LogP contribution in [-0.2, 0) is 27.9 Å². The Morgan fingerprint density at radius 1 is 0.537 bits per heavy atom. The van der Waals surface area contributed by atoms with Gasteiger partial charge in [-0.25, -0.2) is 0 Å². The fourth-order valence-electron chi connectivity index (χ4n) is 7.69. The Hall–Kier alpha value is -2.29. The highest BCUT2D eigenvalue weighted by Gasteiger charge is 2.27. The van der Waals surface area contributed by atoms with E-state index in [1.165, 1.54) is 116 Å². The smallest absolute Gasteiger partial charge is 0.306 e. The molecule has 0 heterocycles. The Morgan fingerprint density at radius 2 is 0.970 bits per heavy atom. The van der Waals surface area contributed by atoms with Gasteiger partial charge in [0.15, 0.2) is 0 Å². The number of quaternary nitrogens is 1. The number of phosphoric acid groups is 1. The van der Waals surface area contributed by atoms with Gasteiger partial charge in [0, 0.05) is 12.8 Å². The molecule has 0 fully saturated rings. The molecule has 3 unspecified atom stereocenters. The number of rotatable bonds is 49. The van der Waals surface area contributed by atoms with Gasteiger partial charge in [-0.2, -0.15) is 0 Å². The summed E-state index contributed by atoms with van der Waals surface area (Å²) in [6, 6.07) is -0.900. The van der Waals surface area contributed by atoms with Crippen molar-refractivity contribution in [3.05, 3.63) is 60.8 Å². The van der Waals surface area contributed by atoms with Crippen LogP contribution in [0.1, 0.15) is 239 Å². The van der Waals surface area contributed by atoms with Crippen molar-refractivity contribution >= 4 is 19.7 Å². The van der Waals surface area contributed by atoms with Crippen molar-refractivity contribution in [3.8, 4) is 0 Å². The van der Waals surface area contributed by atoms with Crippen LogP contribution < -0.4 is 10.2 Å². The number of nitrogens with zero attached hydrogens (tertiary/aromatic N) is 1. The average molecular weight is 961 g/mol. The first kappa shape index (κ1) is 64.7. The van der Waals surface area contributed by atoms with E-state index < -0.39 is 26.6 Å². The van der Waals surface area contributed by atoms with Gasteiger partial charge in [-0.05, 0) is 76.7 Å². The molecule has 3 atom stereocenters. The molecular formula is C57H105N2O7P. The summed E-state index contributed by atoms with van der Waals surface area (Å²) >= 11 is 0. The van der Waals surface area contributed by atoms with Crippen molar-refractivity contribution in [2.45, 2.75) is 251 Å². The monoisotopic (exact) mass is 961 g/mol. The van der Waals surface area contributed by atoms with Gasteiger partial charge in [-0.3, -0.25) is 14.2 Å². The minimum atomic E-state index is -4.70. The van der Waals surface area contributed by atoms with E-state index in [-0.39, 0.29) is 24.9 Å². The van der Waals surface area contributed by atoms with Gasteiger partial charge in [-0.15, -0.1) is 0 Å². The van der Waals surface area contributed by atoms with Crippen LogP contribution >= 0.6 is 7.82 Å². The van der Waals surface area contributed by atoms with E-state index in [1.807, 2.05) is 33.3 Å². The summed E-state index contributed by atoms with van der Waals surface area (Å²) in [6.07, 6.45) is 57.5. The number of nitrogens with one attached hydrogen (secondary N) is 1. The predicted octanol–water partition coefficient (Wildman–Crippen LogP) is 15.7. The minimum Gasteiger partial charge on any atom is -0.756 e. The lowest BCUT2D eigenvalue weighted by atomic mass is 10.0. The van der Waals surface area contributed by atoms with Gasteiger partial charge in [0.05, 0.1) is 33.8 Å². The summed E-state index contributed by atoms with van der Waals surface area (Å²) in [5.74, 6) is -0.574. The molecule has 1 N–H and O–H groups in total. The standard InChI is InChI=1S/C57H105N2O7P/c1-7-10-13-16-19-22-25-28-30-32-35-38-41-44-47-50-57(61)66-55(48-45-42-39-36-33-27-24-21-18-15-12-9-3)54(53-65-67(62,63)64-52-51-59(4,5)6)58-56(60)49-46-43-40-37-34-31-29-26-23-20-17-14-11-8-2/h10,13,16,19,22,25,31,34,45,48,54-55H,7-9,11-12,14-15,17-18,20-21,23-24,26-30,32-33,35-44,46-47,49-53H2,1-6H3,(H-,58,60,62,63)/b13-10+,19-16+,25-22+,34-31-,48-45+. The molecule has 0 aliphatic rings. The third-order valence-electron chi connectivity index (χ3n) is 12.0. The maximum atomic E-state index is 13.4. The van der Waals surface area contributed by atoms with E-state index in [4.69, 9.17) is 13.8 Å². The summed E-state index contributed by atoms with van der Waals surface area (Å²) in [7, 11) is 1.16. The molecule has 1 amide bonds. The van der Waals surface area contributed by atoms with E-state index in [0.29, 0.717) is 30.3 Å². The van der Waals surface area contributed by atoms with E-state index in [0.717, 1.165) is 77.0 Å². The minimum absolute atomic E-state index is 0.0284. The van der Waals surface area contributed by atoms with Gasteiger partial charge in [0.25, 0.3) is 7.82 Å². The second-order valence-electron chi connectivity index (χ2n) is 19.8. The van der Waals surface area contributed by atoms with Crippen LogP contribution in [0.5, 0.6) is 0 Å². The molecule has 390 valence electrons. The molecule has 0 aromatic carbocycles. The van der Waals surface area contributed by atoms with Crippen molar-refractivity contribution in [1.29, 1.82) is 0 Å². The lowest BCUT2D eigenvalue weighted by Crippen LogP contribution is -2.47. The number of amides is 1.